The maximum Gasteiger partial charge on any atom is 0.423 e. The van der Waals surface area contributed by atoms with E-state index in [1.807, 2.05) is 20.8 Å². The van der Waals surface area contributed by atoms with E-state index in [-0.39, 0.29) is 30.1 Å². The van der Waals surface area contributed by atoms with E-state index in [9.17, 15) is 14.4 Å². The topological polar surface area (TPSA) is 103 Å². The van der Waals surface area contributed by atoms with Gasteiger partial charge < -0.3 is 9.47 Å². The van der Waals surface area contributed by atoms with Gasteiger partial charge in [0, 0.05) is 18.8 Å². The molecule has 0 aliphatic rings. The van der Waals surface area contributed by atoms with Crippen molar-refractivity contribution in [2.75, 3.05) is 11.5 Å². The van der Waals surface area contributed by atoms with Crippen molar-refractivity contribution in [2.24, 2.45) is 5.41 Å². The number of aromatic nitrogens is 3. The molecule has 2 aromatic rings. The van der Waals surface area contributed by atoms with E-state index in [2.05, 4.69) is 10.1 Å². The molecule has 29 heavy (non-hydrogen) atoms. The molecule has 0 spiro atoms. The van der Waals surface area contributed by atoms with Crippen LogP contribution in [0, 0.1) is 5.41 Å². The highest BCUT2D eigenvalue weighted by molar-refractivity contribution is 6.16. The van der Waals surface area contributed by atoms with Crippen molar-refractivity contribution in [2.45, 2.75) is 60.5 Å². The van der Waals surface area contributed by atoms with Crippen LogP contribution in [0.2, 0.25) is 0 Å². The van der Waals surface area contributed by atoms with Crippen molar-refractivity contribution < 1.29 is 23.9 Å². The van der Waals surface area contributed by atoms with E-state index in [1.54, 1.807) is 40.0 Å². The first-order valence-corrected chi connectivity index (χ1v) is 9.40. The second-order valence-electron chi connectivity index (χ2n) is 8.75. The first kappa shape index (κ1) is 22.3. The molecule has 0 radical (unpaired) electrons. The van der Waals surface area contributed by atoms with Gasteiger partial charge >= 0.3 is 12.1 Å². The molecule has 2 aromatic heterocycles. The second-order valence-corrected chi connectivity index (χ2v) is 8.75. The number of nitrogens with zero attached hydrogens (tertiary/aromatic N) is 4. The molecule has 2 heterocycles. The maximum absolute atomic E-state index is 13.1. The molecule has 0 saturated carbocycles. The molecule has 0 aromatic carbocycles. The van der Waals surface area contributed by atoms with Crippen molar-refractivity contribution in [3.63, 3.8) is 0 Å². The molecule has 2 rings (SSSR count). The van der Waals surface area contributed by atoms with Crippen LogP contribution in [0.4, 0.5) is 10.6 Å². The Kier molecular flexibility index (Phi) is 6.30. The van der Waals surface area contributed by atoms with Crippen LogP contribution in [0.15, 0.2) is 18.5 Å². The summed E-state index contributed by atoms with van der Waals surface area (Å²) in [5.74, 6) is -1.43. The highest BCUT2D eigenvalue weighted by Gasteiger charge is 2.37. The number of carbonyl (C=O) groups excluding carboxylic acids is 3. The minimum absolute atomic E-state index is 0.0375. The largest absolute Gasteiger partial charge is 0.462 e. The summed E-state index contributed by atoms with van der Waals surface area (Å²) in [4.78, 5) is 43.7. The van der Waals surface area contributed by atoms with Crippen molar-refractivity contribution in [3.05, 3.63) is 24.0 Å². The molecular weight excluding hydrogens is 376 g/mol. The monoisotopic (exact) mass is 404 g/mol. The van der Waals surface area contributed by atoms with Gasteiger partial charge in [0.2, 0.25) is 5.91 Å². The van der Waals surface area contributed by atoms with Crippen molar-refractivity contribution in [1.82, 2.24) is 14.6 Å². The number of anilines is 1. The average Bonchev–Trinajstić information content (AvgIpc) is 2.90. The molecule has 0 N–H and O–H groups in total. The number of ether oxygens (including phenoxy) is 2. The maximum atomic E-state index is 13.1. The fraction of sp³-hybridized carbons (Fsp3) is 0.550. The van der Waals surface area contributed by atoms with Gasteiger partial charge in [-0.1, -0.05) is 20.8 Å². The van der Waals surface area contributed by atoms with E-state index in [0.717, 1.165) is 4.90 Å². The molecule has 0 atom stereocenters. The molecule has 0 aliphatic heterocycles. The summed E-state index contributed by atoms with van der Waals surface area (Å²) in [5, 5.41) is 4.28. The fourth-order valence-electron chi connectivity index (χ4n) is 2.56. The fourth-order valence-corrected chi connectivity index (χ4v) is 2.56. The lowest BCUT2D eigenvalue weighted by Crippen LogP contribution is -2.43. The van der Waals surface area contributed by atoms with Crippen molar-refractivity contribution in [3.8, 4) is 0 Å². The Morgan fingerprint density at radius 2 is 1.79 bits per heavy atom. The molecule has 0 unspecified atom stereocenters. The Morgan fingerprint density at radius 1 is 1.14 bits per heavy atom. The van der Waals surface area contributed by atoms with Gasteiger partial charge in [0.1, 0.15) is 11.2 Å². The number of hydrogen-bond acceptors (Lipinski definition) is 7. The minimum Gasteiger partial charge on any atom is -0.462 e. The number of imide groups is 1. The lowest BCUT2D eigenvalue weighted by atomic mass is 9.91. The highest BCUT2D eigenvalue weighted by atomic mass is 16.6. The first-order chi connectivity index (χ1) is 13.3. The average molecular weight is 404 g/mol. The van der Waals surface area contributed by atoms with Crippen LogP contribution in [0.25, 0.3) is 5.65 Å². The van der Waals surface area contributed by atoms with E-state index < -0.39 is 29.0 Å². The summed E-state index contributed by atoms with van der Waals surface area (Å²) in [6.45, 7) is 12.5. The summed E-state index contributed by atoms with van der Waals surface area (Å²) in [6, 6.07) is 1.62. The molecule has 158 valence electrons. The van der Waals surface area contributed by atoms with E-state index >= 15 is 0 Å². The van der Waals surface area contributed by atoms with Crippen molar-refractivity contribution >= 4 is 29.4 Å². The Hall–Kier alpha value is -2.97. The number of amides is 2. The molecule has 0 fully saturated rings. The normalized spacial score (nSPS) is 12.0. The van der Waals surface area contributed by atoms with Crippen LogP contribution in [0.3, 0.4) is 0 Å². The third-order valence-electron chi connectivity index (χ3n) is 3.58. The molecule has 0 saturated heterocycles. The lowest BCUT2D eigenvalue weighted by Gasteiger charge is -2.27. The van der Waals surface area contributed by atoms with Crippen LogP contribution in [0.5, 0.6) is 0 Å². The van der Waals surface area contributed by atoms with Gasteiger partial charge in [-0.15, -0.1) is 5.10 Å². The SMILES string of the molecule is CCOC(=O)c1c(N(C(=O)CC(C)(C)C)C(=O)OC(C)(C)C)nn2cccnc12. The summed E-state index contributed by atoms with van der Waals surface area (Å²) in [6.07, 6.45) is 2.17. The number of fused-ring (bicyclic) bond motifs is 1. The van der Waals surface area contributed by atoms with E-state index in [0.29, 0.717) is 0 Å². The minimum atomic E-state index is -0.916. The van der Waals surface area contributed by atoms with Crippen LogP contribution in [0.1, 0.15) is 65.2 Å². The molecule has 0 aliphatic carbocycles. The van der Waals surface area contributed by atoms with E-state index in [4.69, 9.17) is 9.47 Å². The third kappa shape index (κ3) is 5.52. The van der Waals surface area contributed by atoms with Gasteiger partial charge in [-0.05, 0) is 39.2 Å². The number of rotatable bonds is 4. The summed E-state index contributed by atoms with van der Waals surface area (Å²) in [5.41, 5.74) is -1.14. The molecule has 2 amide bonds. The van der Waals surface area contributed by atoms with Gasteiger partial charge in [0.15, 0.2) is 11.5 Å². The summed E-state index contributed by atoms with van der Waals surface area (Å²) >= 11 is 0. The number of hydrogen-bond donors (Lipinski definition) is 0. The van der Waals surface area contributed by atoms with E-state index in [1.165, 1.54) is 10.7 Å². The van der Waals surface area contributed by atoms with Crippen LogP contribution >= 0.6 is 0 Å². The van der Waals surface area contributed by atoms with Crippen LogP contribution < -0.4 is 4.90 Å². The summed E-state index contributed by atoms with van der Waals surface area (Å²) in [7, 11) is 0. The van der Waals surface area contributed by atoms with Crippen LogP contribution in [-0.4, -0.2) is 44.8 Å². The second kappa shape index (κ2) is 8.18. The number of carbonyl (C=O) groups is 3. The van der Waals surface area contributed by atoms with Crippen LogP contribution in [-0.2, 0) is 14.3 Å². The standard InChI is InChI=1S/C20H28N4O5/c1-8-28-17(26)14-15-21-10-9-11-23(15)22-16(14)24(13(25)12-19(2,3)4)18(27)29-20(5,6)7/h9-11H,8,12H2,1-7H3. The van der Waals surface area contributed by atoms with Gasteiger partial charge in [-0.2, -0.15) is 4.90 Å². The molecule has 9 nitrogen and oxygen atoms in total. The van der Waals surface area contributed by atoms with Gasteiger partial charge in [-0.25, -0.2) is 19.1 Å². The molecular formula is C20H28N4O5. The predicted molar refractivity (Wildman–Crippen MR) is 107 cm³/mol. The van der Waals surface area contributed by atoms with Gasteiger partial charge in [-0.3, -0.25) is 4.79 Å². The Bertz CT molecular complexity index is 893. The van der Waals surface area contributed by atoms with Gasteiger partial charge in [0.05, 0.1) is 6.61 Å². The zero-order valence-electron chi connectivity index (χ0n) is 18.0. The Morgan fingerprint density at radius 3 is 2.34 bits per heavy atom. The Balaban J connectivity index is 2.67. The quantitative estimate of drug-likeness (QED) is 0.717. The summed E-state index contributed by atoms with van der Waals surface area (Å²) < 4.78 is 11.9. The first-order valence-electron chi connectivity index (χ1n) is 9.40. The highest BCUT2D eigenvalue weighted by Crippen LogP contribution is 2.29. The smallest absolute Gasteiger partial charge is 0.423 e. The zero-order valence-corrected chi connectivity index (χ0v) is 18.0. The Labute approximate surface area is 170 Å². The number of esters is 1. The molecule has 9 heteroatoms. The predicted octanol–water partition coefficient (Wildman–Crippen LogP) is 3.61. The van der Waals surface area contributed by atoms with Gasteiger partial charge in [0.25, 0.3) is 0 Å². The van der Waals surface area contributed by atoms with Crippen molar-refractivity contribution in [1.29, 1.82) is 0 Å². The third-order valence-corrected chi connectivity index (χ3v) is 3.58. The molecule has 0 bridgehead atoms. The lowest BCUT2D eigenvalue weighted by molar-refractivity contribution is -0.120. The zero-order chi connectivity index (χ0) is 22.0.